The molecule has 7 heteroatoms. The molecule has 0 atom stereocenters. The fourth-order valence-corrected chi connectivity index (χ4v) is 4.46. The van der Waals surface area contributed by atoms with E-state index in [2.05, 4.69) is 10.3 Å². The summed E-state index contributed by atoms with van der Waals surface area (Å²) in [4.78, 5) is 4.32. The lowest BCUT2D eigenvalue weighted by atomic mass is 10.1. The molecular weight excluding hydrogens is 346 g/mol. The van der Waals surface area contributed by atoms with Gasteiger partial charge >= 0.3 is 0 Å². The molecule has 0 unspecified atom stereocenters. The van der Waals surface area contributed by atoms with Crippen LogP contribution in [0.2, 0.25) is 5.02 Å². The molecule has 1 aromatic heterocycles. The maximum atomic E-state index is 12.7. The lowest BCUT2D eigenvalue weighted by Crippen LogP contribution is -2.42. The van der Waals surface area contributed by atoms with Crippen LogP contribution in [-0.2, 0) is 10.0 Å². The van der Waals surface area contributed by atoms with E-state index in [1.165, 1.54) is 0 Å². The van der Waals surface area contributed by atoms with E-state index in [0.717, 1.165) is 24.1 Å². The van der Waals surface area contributed by atoms with Crippen molar-refractivity contribution in [3.05, 3.63) is 53.3 Å². The van der Waals surface area contributed by atoms with E-state index >= 15 is 0 Å². The van der Waals surface area contributed by atoms with Crippen LogP contribution in [0.25, 0.3) is 0 Å². The summed E-state index contributed by atoms with van der Waals surface area (Å²) in [5.74, 6) is 0. The molecule has 1 aliphatic heterocycles. The average molecular weight is 366 g/mol. The second-order valence-corrected chi connectivity index (χ2v) is 8.34. The third-order valence-corrected chi connectivity index (χ3v) is 6.46. The Bertz CT molecular complexity index is 801. The van der Waals surface area contributed by atoms with Crippen LogP contribution in [0, 0.1) is 6.92 Å². The number of aromatic nitrogens is 1. The second kappa shape index (κ2) is 7.09. The van der Waals surface area contributed by atoms with Crippen molar-refractivity contribution < 1.29 is 8.42 Å². The topological polar surface area (TPSA) is 62.3 Å². The standard InChI is InChI=1S/C17H20ClN3O2S/c1-13-2-4-15(5-3-13)24(22,23)21-10-7-14(8-11-21)20-17-6-9-19-12-16(17)18/h2-6,9,12,14H,7-8,10-11H2,1H3,(H,19,20). The van der Waals surface area contributed by atoms with Crippen LogP contribution in [0.15, 0.2) is 47.6 Å². The van der Waals surface area contributed by atoms with Crippen LogP contribution in [0.1, 0.15) is 18.4 Å². The number of halogens is 1. The summed E-state index contributed by atoms with van der Waals surface area (Å²) in [5, 5.41) is 3.95. The highest BCUT2D eigenvalue weighted by Crippen LogP contribution is 2.25. The molecule has 0 bridgehead atoms. The molecule has 2 aromatic rings. The Morgan fingerprint density at radius 2 is 1.83 bits per heavy atom. The number of piperidine rings is 1. The Morgan fingerprint density at radius 1 is 1.17 bits per heavy atom. The maximum Gasteiger partial charge on any atom is 0.243 e. The fraction of sp³-hybridized carbons (Fsp3) is 0.353. The number of sulfonamides is 1. The molecule has 1 aromatic carbocycles. The SMILES string of the molecule is Cc1ccc(S(=O)(=O)N2CCC(Nc3ccncc3Cl)CC2)cc1. The van der Waals surface area contributed by atoms with Gasteiger partial charge < -0.3 is 5.32 Å². The van der Waals surface area contributed by atoms with E-state index in [0.29, 0.717) is 23.0 Å². The molecule has 0 saturated carbocycles. The summed E-state index contributed by atoms with van der Waals surface area (Å²) in [7, 11) is -3.41. The number of nitrogens with one attached hydrogen (secondary N) is 1. The minimum atomic E-state index is -3.41. The monoisotopic (exact) mass is 365 g/mol. The normalized spacial score (nSPS) is 16.9. The van der Waals surface area contributed by atoms with Gasteiger partial charge in [0, 0.05) is 31.5 Å². The molecule has 1 fully saturated rings. The van der Waals surface area contributed by atoms with Gasteiger partial charge in [0.25, 0.3) is 0 Å². The van der Waals surface area contributed by atoms with Crippen molar-refractivity contribution in [1.82, 2.24) is 9.29 Å². The zero-order chi connectivity index (χ0) is 17.2. The van der Waals surface area contributed by atoms with Crippen molar-refractivity contribution in [1.29, 1.82) is 0 Å². The highest BCUT2D eigenvalue weighted by atomic mass is 35.5. The van der Waals surface area contributed by atoms with Gasteiger partial charge in [-0.1, -0.05) is 29.3 Å². The van der Waals surface area contributed by atoms with Gasteiger partial charge in [0.1, 0.15) is 0 Å². The van der Waals surface area contributed by atoms with E-state index in [1.807, 2.05) is 25.1 Å². The van der Waals surface area contributed by atoms with Gasteiger partial charge in [0.2, 0.25) is 10.0 Å². The van der Waals surface area contributed by atoms with Gasteiger partial charge in [0.05, 0.1) is 15.6 Å². The number of rotatable bonds is 4. The van der Waals surface area contributed by atoms with Gasteiger partial charge in [-0.25, -0.2) is 8.42 Å². The van der Waals surface area contributed by atoms with E-state index in [4.69, 9.17) is 11.6 Å². The number of aryl methyl sites for hydroxylation is 1. The number of hydrogen-bond donors (Lipinski definition) is 1. The predicted molar refractivity (Wildman–Crippen MR) is 95.8 cm³/mol. The van der Waals surface area contributed by atoms with E-state index < -0.39 is 10.0 Å². The highest BCUT2D eigenvalue weighted by Gasteiger charge is 2.29. The number of anilines is 1. The molecule has 24 heavy (non-hydrogen) atoms. The second-order valence-electron chi connectivity index (χ2n) is 5.99. The molecule has 3 rings (SSSR count). The van der Waals surface area contributed by atoms with Crippen molar-refractivity contribution in [3.63, 3.8) is 0 Å². The Kier molecular flexibility index (Phi) is 5.08. The Labute approximate surface area is 147 Å². The lowest BCUT2D eigenvalue weighted by molar-refractivity contribution is 0.330. The Hall–Kier alpha value is -1.63. The predicted octanol–water partition coefficient (Wildman–Crippen LogP) is 3.31. The Balaban J connectivity index is 1.64. The number of hydrogen-bond acceptors (Lipinski definition) is 4. The molecule has 5 nitrogen and oxygen atoms in total. The summed E-state index contributed by atoms with van der Waals surface area (Å²) >= 11 is 6.11. The summed E-state index contributed by atoms with van der Waals surface area (Å²) in [6.07, 6.45) is 4.76. The average Bonchev–Trinajstić information content (AvgIpc) is 2.58. The molecule has 0 amide bonds. The largest absolute Gasteiger partial charge is 0.381 e. The van der Waals surface area contributed by atoms with Crippen LogP contribution in [0.3, 0.4) is 0 Å². The molecule has 1 saturated heterocycles. The van der Waals surface area contributed by atoms with Crippen LogP contribution >= 0.6 is 11.6 Å². The van der Waals surface area contributed by atoms with Gasteiger partial charge in [-0.15, -0.1) is 0 Å². The van der Waals surface area contributed by atoms with Crippen molar-refractivity contribution in [2.75, 3.05) is 18.4 Å². The first kappa shape index (κ1) is 17.2. The van der Waals surface area contributed by atoms with E-state index in [9.17, 15) is 8.42 Å². The van der Waals surface area contributed by atoms with E-state index in [-0.39, 0.29) is 6.04 Å². The molecule has 1 aliphatic rings. The summed E-state index contributed by atoms with van der Waals surface area (Å²) in [6.45, 7) is 2.94. The van der Waals surface area contributed by atoms with Gasteiger partial charge in [-0.3, -0.25) is 4.98 Å². The Morgan fingerprint density at radius 3 is 2.46 bits per heavy atom. The first-order valence-electron chi connectivity index (χ1n) is 7.90. The first-order chi connectivity index (χ1) is 11.5. The molecule has 0 aliphatic carbocycles. The molecule has 2 heterocycles. The number of nitrogens with zero attached hydrogens (tertiary/aromatic N) is 2. The van der Waals surface area contributed by atoms with Crippen molar-refractivity contribution >= 4 is 27.3 Å². The first-order valence-corrected chi connectivity index (χ1v) is 9.71. The summed E-state index contributed by atoms with van der Waals surface area (Å²) in [5.41, 5.74) is 1.89. The fourth-order valence-electron chi connectivity index (χ4n) is 2.81. The zero-order valence-corrected chi connectivity index (χ0v) is 15.0. The van der Waals surface area contributed by atoms with Crippen LogP contribution in [0.5, 0.6) is 0 Å². The third-order valence-electron chi connectivity index (χ3n) is 4.24. The number of benzene rings is 1. The molecule has 0 radical (unpaired) electrons. The smallest absolute Gasteiger partial charge is 0.243 e. The van der Waals surface area contributed by atoms with Gasteiger partial charge in [0.15, 0.2) is 0 Å². The highest BCUT2D eigenvalue weighted by molar-refractivity contribution is 7.89. The molecule has 128 valence electrons. The lowest BCUT2D eigenvalue weighted by Gasteiger charge is -2.32. The van der Waals surface area contributed by atoms with Crippen LogP contribution < -0.4 is 5.32 Å². The summed E-state index contributed by atoms with van der Waals surface area (Å²) < 4.78 is 26.9. The minimum Gasteiger partial charge on any atom is -0.381 e. The van der Waals surface area contributed by atoms with Crippen molar-refractivity contribution in [2.45, 2.75) is 30.7 Å². The number of pyridine rings is 1. The summed E-state index contributed by atoms with van der Waals surface area (Å²) in [6, 6.07) is 9.03. The maximum absolute atomic E-state index is 12.7. The van der Waals surface area contributed by atoms with Crippen LogP contribution in [0.4, 0.5) is 5.69 Å². The van der Waals surface area contributed by atoms with Gasteiger partial charge in [-0.05, 0) is 38.0 Å². The van der Waals surface area contributed by atoms with E-state index in [1.54, 1.807) is 28.8 Å². The quantitative estimate of drug-likeness (QED) is 0.902. The van der Waals surface area contributed by atoms with Crippen LogP contribution in [-0.4, -0.2) is 36.8 Å². The molecule has 0 spiro atoms. The molecule has 1 N–H and O–H groups in total. The van der Waals surface area contributed by atoms with Gasteiger partial charge in [-0.2, -0.15) is 4.31 Å². The molecular formula is C17H20ClN3O2S. The zero-order valence-electron chi connectivity index (χ0n) is 13.4. The van der Waals surface area contributed by atoms with Crippen molar-refractivity contribution in [2.24, 2.45) is 0 Å². The third kappa shape index (κ3) is 3.71. The minimum absolute atomic E-state index is 0.203. The van der Waals surface area contributed by atoms with Crippen molar-refractivity contribution in [3.8, 4) is 0 Å².